The zero-order valence-electron chi connectivity index (χ0n) is 27.0. The molecule has 0 aromatic heterocycles. The fourth-order valence-electron chi connectivity index (χ4n) is 4.57. The van der Waals surface area contributed by atoms with Gasteiger partial charge in [-0.15, -0.1) is 0 Å². The number of ether oxygens (including phenoxy) is 1. The van der Waals surface area contributed by atoms with Crippen LogP contribution in [0.2, 0.25) is 0 Å². The molecule has 0 spiro atoms. The second-order valence-electron chi connectivity index (χ2n) is 13.1. The molecule has 0 bridgehead atoms. The van der Waals surface area contributed by atoms with Gasteiger partial charge in [0.25, 0.3) is 0 Å². The van der Waals surface area contributed by atoms with Gasteiger partial charge in [0.05, 0.1) is 24.3 Å². The largest absolute Gasteiger partial charge is 0.444 e. The summed E-state index contributed by atoms with van der Waals surface area (Å²) in [5.41, 5.74) is 0.537. The first kappa shape index (κ1) is 36.5. The molecule has 0 fully saturated rings. The zero-order chi connectivity index (χ0) is 32.9. The van der Waals surface area contributed by atoms with Crippen LogP contribution in [0.1, 0.15) is 52.7 Å². The molecule has 44 heavy (non-hydrogen) atoms. The van der Waals surface area contributed by atoms with Gasteiger partial charge in [-0.3, -0.25) is 4.79 Å². The Morgan fingerprint density at radius 3 is 1.59 bits per heavy atom. The van der Waals surface area contributed by atoms with E-state index in [0.717, 1.165) is 11.1 Å². The van der Waals surface area contributed by atoms with Crippen LogP contribution >= 0.6 is 0 Å². The Bertz CT molecular complexity index is 1170. The molecule has 2 rings (SSSR count). The third-order valence-electron chi connectivity index (χ3n) is 6.89. The summed E-state index contributed by atoms with van der Waals surface area (Å²) in [6.45, 7) is 10.9. The number of hydrogen-bond acceptors (Lipinski definition) is 7. The molecule has 7 N–H and O–H groups in total. The van der Waals surface area contributed by atoms with Crippen LogP contribution < -0.4 is 26.6 Å². The second kappa shape index (κ2) is 17.0. The number of aliphatic hydroxyl groups is 2. The summed E-state index contributed by atoms with van der Waals surface area (Å²) in [5.74, 6) is -0.425. The van der Waals surface area contributed by atoms with E-state index < -0.39 is 59.4 Å². The summed E-state index contributed by atoms with van der Waals surface area (Å²) in [7, 11) is 1.47. The maximum Gasteiger partial charge on any atom is 0.407 e. The molecule has 0 aliphatic rings. The van der Waals surface area contributed by atoms with E-state index in [-0.39, 0.29) is 13.1 Å². The molecule has 11 nitrogen and oxygen atoms in total. The molecule has 0 unspecified atom stereocenters. The molecule has 0 aliphatic heterocycles. The van der Waals surface area contributed by atoms with Crippen molar-refractivity contribution in [2.24, 2.45) is 5.41 Å². The molecule has 4 amide bonds. The monoisotopic (exact) mass is 613 g/mol. The van der Waals surface area contributed by atoms with Crippen molar-refractivity contribution in [1.82, 2.24) is 26.6 Å². The summed E-state index contributed by atoms with van der Waals surface area (Å²) in [6, 6.07) is 16.2. The van der Waals surface area contributed by atoms with Crippen LogP contribution in [-0.4, -0.2) is 84.3 Å². The van der Waals surface area contributed by atoms with Crippen LogP contribution in [0, 0.1) is 5.41 Å². The van der Waals surface area contributed by atoms with Gasteiger partial charge in [-0.25, -0.2) is 9.59 Å². The predicted molar refractivity (Wildman–Crippen MR) is 171 cm³/mol. The molecule has 0 heterocycles. The molecule has 244 valence electrons. The third-order valence-corrected chi connectivity index (χ3v) is 6.89. The molecule has 5 atom stereocenters. The maximum atomic E-state index is 13.4. The van der Waals surface area contributed by atoms with E-state index in [9.17, 15) is 24.6 Å². The van der Waals surface area contributed by atoms with Gasteiger partial charge >= 0.3 is 12.1 Å². The van der Waals surface area contributed by atoms with Crippen molar-refractivity contribution >= 4 is 18.0 Å². The predicted octanol–water partition coefficient (Wildman–Crippen LogP) is 2.51. The van der Waals surface area contributed by atoms with E-state index in [4.69, 9.17) is 4.74 Å². The van der Waals surface area contributed by atoms with Crippen molar-refractivity contribution < 1.29 is 29.3 Å². The fourth-order valence-corrected chi connectivity index (χ4v) is 4.57. The minimum atomic E-state index is -1.04. The van der Waals surface area contributed by atoms with Gasteiger partial charge in [0.2, 0.25) is 5.91 Å². The standard InChI is InChI=1S/C33H51N5O6/c1-32(2,3)28(38-30(42)34-7)29(41)36-24(18-22-14-10-8-11-15-22)26(39)20-35-21-27(40)25(19-23-16-12-9-13-17-23)37-31(43)44-33(4,5)6/h8-17,24-28,35,39-40H,18-21H2,1-7H3,(H,36,41)(H,37,43)(H2,34,38,42)/t24-,25-,26+,27+,28+/m0/s1. The highest BCUT2D eigenvalue weighted by atomic mass is 16.6. The van der Waals surface area contributed by atoms with Crippen molar-refractivity contribution in [3.8, 4) is 0 Å². The number of carbonyl (C=O) groups is 3. The van der Waals surface area contributed by atoms with Crippen molar-refractivity contribution in [3.05, 3.63) is 71.8 Å². The summed E-state index contributed by atoms with van der Waals surface area (Å²) < 4.78 is 5.41. The van der Waals surface area contributed by atoms with E-state index in [0.29, 0.717) is 12.8 Å². The lowest BCUT2D eigenvalue weighted by molar-refractivity contribution is -0.126. The van der Waals surface area contributed by atoms with Crippen LogP contribution in [0.15, 0.2) is 60.7 Å². The quantitative estimate of drug-likeness (QED) is 0.172. The van der Waals surface area contributed by atoms with Crippen molar-refractivity contribution in [2.45, 2.75) is 90.3 Å². The van der Waals surface area contributed by atoms with Crippen molar-refractivity contribution in [2.75, 3.05) is 20.1 Å². The minimum absolute atomic E-state index is 0.0440. The smallest absolute Gasteiger partial charge is 0.407 e. The number of benzene rings is 2. The van der Waals surface area contributed by atoms with Gasteiger partial charge in [-0.2, -0.15) is 0 Å². The van der Waals surface area contributed by atoms with E-state index in [1.807, 2.05) is 81.4 Å². The van der Waals surface area contributed by atoms with Gasteiger partial charge in [0, 0.05) is 20.1 Å². The number of nitrogens with one attached hydrogen (secondary N) is 5. The number of urea groups is 1. The third kappa shape index (κ3) is 13.3. The van der Waals surface area contributed by atoms with Gasteiger partial charge in [-0.1, -0.05) is 81.4 Å². The Morgan fingerprint density at radius 2 is 1.18 bits per heavy atom. The Kier molecular flexibility index (Phi) is 14.1. The molecule has 11 heteroatoms. The van der Waals surface area contributed by atoms with E-state index >= 15 is 0 Å². The van der Waals surface area contributed by atoms with Crippen LogP contribution in [0.3, 0.4) is 0 Å². The van der Waals surface area contributed by atoms with Crippen LogP contribution in [0.25, 0.3) is 0 Å². The SMILES string of the molecule is CNC(=O)N[C@H](C(=O)N[C@@H](Cc1ccccc1)[C@H](O)CNC[C@@H](O)[C@H](Cc1ccccc1)NC(=O)OC(C)(C)C)C(C)(C)C. The Hall–Kier alpha value is -3.67. The Morgan fingerprint density at radius 1 is 0.727 bits per heavy atom. The normalized spacial score (nSPS) is 15.2. The fraction of sp³-hybridized carbons (Fsp3) is 0.545. The number of carbonyl (C=O) groups excluding carboxylic acids is 3. The second-order valence-corrected chi connectivity index (χ2v) is 13.1. The highest BCUT2D eigenvalue weighted by Gasteiger charge is 2.35. The molecule has 0 radical (unpaired) electrons. The molecule has 0 aliphatic carbocycles. The van der Waals surface area contributed by atoms with E-state index in [1.165, 1.54) is 7.05 Å². The lowest BCUT2D eigenvalue weighted by Gasteiger charge is -2.33. The van der Waals surface area contributed by atoms with Gasteiger partial charge in [0.1, 0.15) is 11.6 Å². The van der Waals surface area contributed by atoms with Gasteiger partial charge in [0.15, 0.2) is 0 Å². The lowest BCUT2D eigenvalue weighted by Crippen LogP contribution is -2.59. The van der Waals surface area contributed by atoms with Gasteiger partial charge in [-0.05, 0) is 50.2 Å². The van der Waals surface area contributed by atoms with Gasteiger partial charge < -0.3 is 41.5 Å². The number of aliphatic hydroxyl groups excluding tert-OH is 2. The molecule has 0 saturated carbocycles. The number of rotatable bonds is 14. The number of hydrogen-bond donors (Lipinski definition) is 7. The Labute approximate surface area is 261 Å². The molecule has 2 aromatic rings. The summed E-state index contributed by atoms with van der Waals surface area (Å²) in [4.78, 5) is 38.0. The molecular formula is C33H51N5O6. The van der Waals surface area contributed by atoms with Crippen molar-refractivity contribution in [3.63, 3.8) is 0 Å². The maximum absolute atomic E-state index is 13.4. The highest BCUT2D eigenvalue weighted by Crippen LogP contribution is 2.20. The van der Waals surface area contributed by atoms with E-state index in [2.05, 4.69) is 26.6 Å². The van der Waals surface area contributed by atoms with Crippen LogP contribution in [-0.2, 0) is 22.4 Å². The number of amides is 4. The first-order valence-corrected chi connectivity index (χ1v) is 15.0. The summed E-state index contributed by atoms with van der Waals surface area (Å²) >= 11 is 0. The van der Waals surface area contributed by atoms with Crippen LogP contribution in [0.4, 0.5) is 9.59 Å². The highest BCUT2D eigenvalue weighted by molar-refractivity contribution is 5.87. The zero-order valence-corrected chi connectivity index (χ0v) is 27.0. The first-order chi connectivity index (χ1) is 20.6. The topological polar surface area (TPSA) is 161 Å². The molecule has 0 saturated heterocycles. The summed E-state index contributed by atoms with van der Waals surface area (Å²) in [5, 5.41) is 36.3. The average Bonchev–Trinajstić information content (AvgIpc) is 2.94. The van der Waals surface area contributed by atoms with E-state index in [1.54, 1.807) is 20.8 Å². The Balaban J connectivity index is 2.13. The minimum Gasteiger partial charge on any atom is -0.444 e. The number of alkyl carbamates (subject to hydrolysis) is 1. The molecular weight excluding hydrogens is 562 g/mol. The lowest BCUT2D eigenvalue weighted by atomic mass is 9.85. The molecule has 2 aromatic carbocycles. The first-order valence-electron chi connectivity index (χ1n) is 15.0. The average molecular weight is 614 g/mol. The van der Waals surface area contributed by atoms with Crippen LogP contribution in [0.5, 0.6) is 0 Å². The summed E-state index contributed by atoms with van der Waals surface area (Å²) in [6.07, 6.45) is -1.99. The van der Waals surface area contributed by atoms with Crippen molar-refractivity contribution in [1.29, 1.82) is 0 Å².